The highest BCUT2D eigenvalue weighted by Crippen LogP contribution is 2.40. The molecule has 0 bridgehead atoms. The standard InChI is InChI=1S/C26H26N4O3S.C2HF3O2/c1-3-4-15-30-20-11-6-5-10-19(20)23-21(25(30)31)22(33-2)24(34-23)26(32)29(14-8-12-27)17-18-9-7-13-28-16-18;3-2(4,5)1(6)7/h5-7,9-11,13,16H,3-4,8,14-15,17H2,1-2H3;(H,6,7). The molecule has 0 saturated carbocycles. The number of halogens is 3. The molecule has 4 aromatic rings. The molecule has 0 atom stereocenters. The zero-order valence-corrected chi connectivity index (χ0v) is 23.1. The number of nitrogens with zero attached hydrogens (tertiary/aromatic N) is 4. The molecule has 0 spiro atoms. The number of nitriles is 1. The van der Waals surface area contributed by atoms with Gasteiger partial charge >= 0.3 is 12.1 Å². The van der Waals surface area contributed by atoms with E-state index < -0.39 is 12.1 Å². The van der Waals surface area contributed by atoms with Gasteiger partial charge in [0.25, 0.3) is 11.5 Å². The highest BCUT2D eigenvalue weighted by atomic mass is 32.1. The van der Waals surface area contributed by atoms with Crippen LogP contribution in [0.25, 0.3) is 21.0 Å². The van der Waals surface area contributed by atoms with E-state index in [0.29, 0.717) is 29.1 Å². The summed E-state index contributed by atoms with van der Waals surface area (Å²) in [6.07, 6.45) is 0.335. The minimum absolute atomic E-state index is 0.148. The summed E-state index contributed by atoms with van der Waals surface area (Å²) in [6.45, 7) is 3.27. The molecule has 0 aliphatic carbocycles. The first kappa shape index (κ1) is 31.1. The topological polar surface area (TPSA) is 126 Å². The van der Waals surface area contributed by atoms with Crippen molar-refractivity contribution >= 4 is 44.2 Å². The Bertz CT molecular complexity index is 1630. The molecule has 0 fully saturated rings. The van der Waals surface area contributed by atoms with Gasteiger partial charge in [-0.15, -0.1) is 11.3 Å². The van der Waals surface area contributed by atoms with E-state index in [2.05, 4.69) is 18.0 Å². The summed E-state index contributed by atoms with van der Waals surface area (Å²) in [5.41, 5.74) is 1.57. The largest absolute Gasteiger partial charge is 0.494 e. The second-order valence-electron chi connectivity index (χ2n) is 8.80. The normalized spacial score (nSPS) is 11.0. The van der Waals surface area contributed by atoms with Crippen molar-refractivity contribution in [1.82, 2.24) is 14.5 Å². The molecule has 0 radical (unpaired) electrons. The average Bonchev–Trinajstić information content (AvgIpc) is 3.35. The molecule has 0 saturated heterocycles. The van der Waals surface area contributed by atoms with Crippen LogP contribution in [0.2, 0.25) is 0 Å². The minimum Gasteiger partial charge on any atom is -0.494 e. The Kier molecular flexibility index (Phi) is 10.4. The summed E-state index contributed by atoms with van der Waals surface area (Å²) in [6, 6.07) is 13.6. The van der Waals surface area contributed by atoms with Crippen LogP contribution < -0.4 is 10.3 Å². The maximum absolute atomic E-state index is 13.7. The number of alkyl halides is 3. The molecule has 13 heteroatoms. The second-order valence-corrected chi connectivity index (χ2v) is 9.82. The molecule has 0 unspecified atom stereocenters. The SMILES string of the molecule is CCCCn1c(=O)c2c(OC)c(C(=O)N(CCC#N)Cc3cccnc3)sc2c2ccccc21.O=C(O)C(F)(F)F. The third-order valence-electron chi connectivity index (χ3n) is 6.02. The van der Waals surface area contributed by atoms with Crippen LogP contribution in [0, 0.1) is 11.3 Å². The van der Waals surface area contributed by atoms with Gasteiger partial charge in [-0.3, -0.25) is 14.6 Å². The zero-order valence-electron chi connectivity index (χ0n) is 22.3. The number of methoxy groups -OCH3 is 1. The summed E-state index contributed by atoms with van der Waals surface area (Å²) in [5, 5.41) is 17.6. The van der Waals surface area contributed by atoms with Gasteiger partial charge in [0.05, 0.1) is 29.8 Å². The van der Waals surface area contributed by atoms with Crippen LogP contribution in [0.3, 0.4) is 0 Å². The fourth-order valence-corrected chi connectivity index (χ4v) is 5.38. The van der Waals surface area contributed by atoms with Gasteiger partial charge in [-0.2, -0.15) is 18.4 Å². The number of carbonyl (C=O) groups excluding carboxylic acids is 1. The van der Waals surface area contributed by atoms with Gasteiger partial charge in [-0.1, -0.05) is 37.6 Å². The molecular formula is C28H27F3N4O5S. The number of amides is 1. The Balaban J connectivity index is 0.000000587. The van der Waals surface area contributed by atoms with Crippen molar-refractivity contribution in [2.45, 2.75) is 45.5 Å². The quantitative estimate of drug-likeness (QED) is 0.269. The van der Waals surface area contributed by atoms with Crippen LogP contribution in [0.15, 0.2) is 53.6 Å². The van der Waals surface area contributed by atoms with Crippen molar-refractivity contribution in [2.75, 3.05) is 13.7 Å². The molecule has 0 aliphatic rings. The van der Waals surface area contributed by atoms with Crippen LogP contribution in [-0.4, -0.2) is 51.3 Å². The lowest BCUT2D eigenvalue weighted by molar-refractivity contribution is -0.192. The lowest BCUT2D eigenvalue weighted by Gasteiger charge is -2.21. The average molecular weight is 589 g/mol. The maximum Gasteiger partial charge on any atom is 0.490 e. The Morgan fingerprint density at radius 3 is 2.51 bits per heavy atom. The van der Waals surface area contributed by atoms with E-state index in [0.717, 1.165) is 34.0 Å². The molecular weight excluding hydrogens is 561 g/mol. The molecule has 41 heavy (non-hydrogen) atoms. The number of carbonyl (C=O) groups is 2. The molecule has 1 N–H and O–H groups in total. The molecule has 216 valence electrons. The van der Waals surface area contributed by atoms with E-state index in [-0.39, 0.29) is 24.4 Å². The first-order valence-corrected chi connectivity index (χ1v) is 13.3. The smallest absolute Gasteiger partial charge is 0.490 e. The van der Waals surface area contributed by atoms with Crippen molar-refractivity contribution in [3.63, 3.8) is 0 Å². The van der Waals surface area contributed by atoms with Crippen LogP contribution in [0.4, 0.5) is 13.2 Å². The van der Waals surface area contributed by atoms with Crippen molar-refractivity contribution in [2.24, 2.45) is 0 Å². The highest BCUT2D eigenvalue weighted by Gasteiger charge is 2.38. The van der Waals surface area contributed by atoms with E-state index in [4.69, 9.17) is 19.9 Å². The van der Waals surface area contributed by atoms with E-state index in [1.54, 1.807) is 21.9 Å². The maximum atomic E-state index is 13.7. The van der Waals surface area contributed by atoms with Crippen molar-refractivity contribution in [3.05, 3.63) is 69.6 Å². The van der Waals surface area contributed by atoms with Crippen molar-refractivity contribution in [1.29, 1.82) is 5.26 Å². The van der Waals surface area contributed by atoms with Gasteiger partial charge in [0.15, 0.2) is 5.75 Å². The van der Waals surface area contributed by atoms with E-state index in [9.17, 15) is 22.8 Å². The van der Waals surface area contributed by atoms with Crippen molar-refractivity contribution < 1.29 is 32.6 Å². The number of pyridine rings is 2. The number of ether oxygens (including phenoxy) is 1. The molecule has 3 aromatic heterocycles. The molecule has 3 heterocycles. The van der Waals surface area contributed by atoms with E-state index in [1.165, 1.54) is 18.4 Å². The van der Waals surface area contributed by atoms with Crippen LogP contribution in [0.1, 0.15) is 41.4 Å². The van der Waals surface area contributed by atoms with Gasteiger partial charge in [0.2, 0.25) is 0 Å². The summed E-state index contributed by atoms with van der Waals surface area (Å²) in [4.78, 5) is 42.3. The Morgan fingerprint density at radius 2 is 1.93 bits per heavy atom. The number of aliphatic carboxylic acids is 1. The molecule has 4 rings (SSSR count). The summed E-state index contributed by atoms with van der Waals surface area (Å²) in [5.74, 6) is -2.72. The number of benzene rings is 1. The number of aryl methyl sites for hydroxylation is 1. The molecule has 1 amide bonds. The summed E-state index contributed by atoms with van der Waals surface area (Å²) in [7, 11) is 1.49. The van der Waals surface area contributed by atoms with Gasteiger partial charge in [0, 0.05) is 37.4 Å². The van der Waals surface area contributed by atoms with Gasteiger partial charge in [0.1, 0.15) is 10.3 Å². The number of rotatable bonds is 9. The molecule has 9 nitrogen and oxygen atoms in total. The number of fused-ring (bicyclic) bond motifs is 3. The number of para-hydroxylation sites is 1. The van der Waals surface area contributed by atoms with Crippen LogP contribution in [-0.2, 0) is 17.9 Å². The van der Waals surface area contributed by atoms with Crippen LogP contribution in [0.5, 0.6) is 5.75 Å². The lowest BCUT2D eigenvalue weighted by Crippen LogP contribution is -2.31. The van der Waals surface area contributed by atoms with Crippen molar-refractivity contribution in [3.8, 4) is 11.8 Å². The van der Waals surface area contributed by atoms with E-state index in [1.807, 2.05) is 36.4 Å². The monoisotopic (exact) mass is 588 g/mol. The first-order chi connectivity index (χ1) is 19.5. The predicted octanol–water partition coefficient (Wildman–Crippen LogP) is 5.61. The Labute approximate surface area is 237 Å². The fourth-order valence-electron chi connectivity index (χ4n) is 4.11. The number of hydrogen-bond donors (Lipinski definition) is 1. The number of thiophene rings is 1. The predicted molar refractivity (Wildman–Crippen MR) is 148 cm³/mol. The number of hydrogen-bond acceptors (Lipinski definition) is 7. The number of aromatic nitrogens is 2. The van der Waals surface area contributed by atoms with E-state index >= 15 is 0 Å². The Hall–Kier alpha value is -4.44. The number of unbranched alkanes of at least 4 members (excludes halogenated alkanes) is 1. The Morgan fingerprint density at radius 1 is 1.22 bits per heavy atom. The lowest BCUT2D eigenvalue weighted by atomic mass is 10.1. The summed E-state index contributed by atoms with van der Waals surface area (Å²) < 4.78 is 40.0. The second kappa shape index (κ2) is 13.8. The molecule has 1 aromatic carbocycles. The highest BCUT2D eigenvalue weighted by molar-refractivity contribution is 7.22. The number of carboxylic acids is 1. The minimum atomic E-state index is -5.08. The molecule has 0 aliphatic heterocycles. The first-order valence-electron chi connectivity index (χ1n) is 12.5. The number of carboxylic acid groups (broad SMARTS) is 1. The van der Waals surface area contributed by atoms with Crippen LogP contribution >= 0.6 is 11.3 Å². The van der Waals surface area contributed by atoms with Gasteiger partial charge in [-0.05, 0) is 24.1 Å². The fraction of sp³-hybridized carbons (Fsp3) is 0.321. The summed E-state index contributed by atoms with van der Waals surface area (Å²) >= 11 is 1.28. The zero-order chi connectivity index (χ0) is 30.2. The third kappa shape index (κ3) is 7.20. The third-order valence-corrected chi connectivity index (χ3v) is 7.21. The van der Waals surface area contributed by atoms with Gasteiger partial charge in [-0.25, -0.2) is 4.79 Å². The van der Waals surface area contributed by atoms with Gasteiger partial charge < -0.3 is 19.3 Å².